The molecule has 0 bridgehead atoms. The third-order valence-electron chi connectivity index (χ3n) is 2.60. The van der Waals surface area contributed by atoms with Crippen LogP contribution in [0, 0.1) is 5.82 Å². The van der Waals surface area contributed by atoms with Crippen LogP contribution in [0.25, 0.3) is 0 Å². The number of hydrogen-bond donors (Lipinski definition) is 1. The number of hydrogen-bond acceptors (Lipinski definition) is 4. The molecule has 0 heterocycles. The van der Waals surface area contributed by atoms with Crippen molar-refractivity contribution in [2.75, 3.05) is 33.5 Å². The van der Waals surface area contributed by atoms with E-state index in [1.807, 2.05) is 0 Å². The Hall–Kier alpha value is -1.08. The molecular formula is C14H20FNO3S. The van der Waals surface area contributed by atoms with Crippen LogP contribution in [0.15, 0.2) is 18.2 Å². The van der Waals surface area contributed by atoms with E-state index in [1.54, 1.807) is 19.2 Å². The zero-order chi connectivity index (χ0) is 14.8. The Morgan fingerprint density at radius 3 is 2.65 bits per heavy atom. The van der Waals surface area contributed by atoms with Crippen LogP contribution in [0.2, 0.25) is 0 Å². The lowest BCUT2D eigenvalue weighted by atomic mass is 10.1. The van der Waals surface area contributed by atoms with Crippen molar-refractivity contribution in [3.63, 3.8) is 0 Å². The summed E-state index contributed by atoms with van der Waals surface area (Å²) >= 11 is 4.85. The van der Waals surface area contributed by atoms with Crippen LogP contribution >= 0.6 is 12.2 Å². The van der Waals surface area contributed by atoms with Crippen molar-refractivity contribution in [2.24, 2.45) is 5.73 Å². The first-order valence-corrected chi connectivity index (χ1v) is 6.78. The lowest BCUT2D eigenvalue weighted by molar-refractivity contribution is 0.0329. The maximum Gasteiger partial charge on any atom is 0.128 e. The Morgan fingerprint density at radius 2 is 1.95 bits per heavy atom. The predicted molar refractivity (Wildman–Crippen MR) is 79.3 cm³/mol. The van der Waals surface area contributed by atoms with Crippen LogP contribution in [0.4, 0.5) is 4.39 Å². The summed E-state index contributed by atoms with van der Waals surface area (Å²) in [6.07, 6.45) is 0.848. The van der Waals surface area contributed by atoms with E-state index in [9.17, 15) is 4.39 Å². The van der Waals surface area contributed by atoms with E-state index in [2.05, 4.69) is 0 Å². The Labute approximate surface area is 124 Å². The highest BCUT2D eigenvalue weighted by Gasteiger charge is 2.05. The average Bonchev–Trinajstić information content (AvgIpc) is 2.43. The molecule has 2 N–H and O–H groups in total. The normalized spacial score (nSPS) is 10.7. The van der Waals surface area contributed by atoms with Crippen molar-refractivity contribution >= 4 is 17.2 Å². The molecule has 20 heavy (non-hydrogen) atoms. The molecular weight excluding hydrogens is 281 g/mol. The van der Waals surface area contributed by atoms with Gasteiger partial charge in [-0.15, -0.1) is 0 Å². The fraction of sp³-hybridized carbons (Fsp3) is 0.500. The minimum absolute atomic E-state index is 0.170. The van der Waals surface area contributed by atoms with E-state index in [0.717, 1.165) is 6.42 Å². The van der Waals surface area contributed by atoms with Gasteiger partial charge < -0.3 is 19.9 Å². The minimum Gasteiger partial charge on any atom is -0.389 e. The summed E-state index contributed by atoms with van der Waals surface area (Å²) in [5, 5.41) is 0. The second kappa shape index (κ2) is 9.77. The third-order valence-corrected chi connectivity index (χ3v) is 2.83. The standard InChI is InChI=1S/C14H20FNO3S/c1-17-5-2-6-18-7-8-19-10-12-9-11(14(16)20)3-4-13(12)15/h3-4,9H,2,5-8,10H2,1H3,(H2,16,20). The Bertz CT molecular complexity index is 429. The zero-order valence-corrected chi connectivity index (χ0v) is 12.4. The highest BCUT2D eigenvalue weighted by Crippen LogP contribution is 2.12. The van der Waals surface area contributed by atoms with Gasteiger partial charge in [0.2, 0.25) is 0 Å². The first-order valence-electron chi connectivity index (χ1n) is 6.37. The Morgan fingerprint density at radius 1 is 1.20 bits per heavy atom. The van der Waals surface area contributed by atoms with Gasteiger partial charge in [-0.25, -0.2) is 4.39 Å². The zero-order valence-electron chi connectivity index (χ0n) is 11.6. The maximum absolute atomic E-state index is 13.5. The van der Waals surface area contributed by atoms with E-state index < -0.39 is 0 Å². The molecule has 1 aromatic rings. The number of benzene rings is 1. The summed E-state index contributed by atoms with van der Waals surface area (Å²) in [7, 11) is 1.65. The molecule has 0 saturated carbocycles. The van der Waals surface area contributed by atoms with Crippen molar-refractivity contribution in [1.29, 1.82) is 0 Å². The SMILES string of the molecule is COCCCOCCOCc1cc(C(N)=S)ccc1F. The van der Waals surface area contributed by atoms with Crippen LogP contribution in [0.5, 0.6) is 0 Å². The van der Waals surface area contributed by atoms with Gasteiger partial charge >= 0.3 is 0 Å². The van der Waals surface area contributed by atoms with E-state index >= 15 is 0 Å². The second-order valence-corrected chi connectivity index (χ2v) is 4.62. The molecule has 0 spiro atoms. The molecule has 0 atom stereocenters. The maximum atomic E-state index is 13.5. The fourth-order valence-electron chi connectivity index (χ4n) is 1.55. The third kappa shape index (κ3) is 6.38. The highest BCUT2D eigenvalue weighted by atomic mass is 32.1. The number of ether oxygens (including phenoxy) is 3. The molecule has 0 radical (unpaired) electrons. The smallest absolute Gasteiger partial charge is 0.128 e. The van der Waals surface area contributed by atoms with Crippen molar-refractivity contribution in [3.8, 4) is 0 Å². The van der Waals surface area contributed by atoms with Gasteiger partial charge in [0.15, 0.2) is 0 Å². The van der Waals surface area contributed by atoms with E-state index in [0.29, 0.717) is 37.6 Å². The average molecular weight is 301 g/mol. The van der Waals surface area contributed by atoms with E-state index in [-0.39, 0.29) is 17.4 Å². The van der Waals surface area contributed by atoms with Crippen molar-refractivity contribution in [2.45, 2.75) is 13.0 Å². The van der Waals surface area contributed by atoms with Gasteiger partial charge in [-0.05, 0) is 24.6 Å². The lowest BCUT2D eigenvalue weighted by Gasteiger charge is -2.08. The molecule has 0 unspecified atom stereocenters. The van der Waals surface area contributed by atoms with Gasteiger partial charge in [0.1, 0.15) is 10.8 Å². The van der Waals surface area contributed by atoms with Gasteiger partial charge in [-0.1, -0.05) is 12.2 Å². The predicted octanol–water partition coefficient (Wildman–Crippen LogP) is 2.03. The number of thiocarbonyl (C=S) groups is 1. The van der Waals surface area contributed by atoms with Gasteiger partial charge in [-0.3, -0.25) is 0 Å². The first kappa shape index (κ1) is 17.0. The highest BCUT2D eigenvalue weighted by molar-refractivity contribution is 7.80. The van der Waals surface area contributed by atoms with Crippen molar-refractivity contribution in [1.82, 2.24) is 0 Å². The summed E-state index contributed by atoms with van der Waals surface area (Å²) in [4.78, 5) is 0.243. The first-order chi connectivity index (χ1) is 9.65. The number of nitrogens with two attached hydrogens (primary N) is 1. The fourth-order valence-corrected chi connectivity index (χ4v) is 1.67. The molecule has 0 fully saturated rings. The molecule has 0 saturated heterocycles. The molecule has 0 aromatic heterocycles. The second-order valence-electron chi connectivity index (χ2n) is 4.18. The molecule has 4 nitrogen and oxygen atoms in total. The quantitative estimate of drug-likeness (QED) is 0.529. The largest absolute Gasteiger partial charge is 0.389 e. The topological polar surface area (TPSA) is 53.7 Å². The molecule has 112 valence electrons. The number of rotatable bonds is 10. The van der Waals surface area contributed by atoms with Crippen molar-refractivity contribution < 1.29 is 18.6 Å². The number of halogens is 1. The Balaban J connectivity index is 2.24. The monoisotopic (exact) mass is 301 g/mol. The lowest BCUT2D eigenvalue weighted by Crippen LogP contribution is -2.11. The molecule has 6 heteroatoms. The molecule has 0 aliphatic carbocycles. The Kier molecular flexibility index (Phi) is 8.29. The van der Waals surface area contributed by atoms with Gasteiger partial charge in [-0.2, -0.15) is 0 Å². The van der Waals surface area contributed by atoms with Crippen LogP contribution in [-0.2, 0) is 20.8 Å². The summed E-state index contributed by atoms with van der Waals surface area (Å²) in [6.45, 7) is 2.36. The minimum atomic E-state index is -0.328. The summed E-state index contributed by atoms with van der Waals surface area (Å²) < 4.78 is 29.1. The number of methoxy groups -OCH3 is 1. The molecule has 0 aliphatic rings. The van der Waals surface area contributed by atoms with Gasteiger partial charge in [0, 0.05) is 31.5 Å². The molecule has 1 rings (SSSR count). The molecule has 0 amide bonds. The van der Waals surface area contributed by atoms with Crippen LogP contribution in [0.3, 0.4) is 0 Å². The molecule has 0 aliphatic heterocycles. The molecule has 1 aromatic carbocycles. The van der Waals surface area contributed by atoms with Crippen LogP contribution < -0.4 is 5.73 Å². The van der Waals surface area contributed by atoms with Gasteiger partial charge in [0.25, 0.3) is 0 Å². The van der Waals surface area contributed by atoms with E-state index in [4.69, 9.17) is 32.2 Å². The summed E-state index contributed by atoms with van der Waals surface area (Å²) in [5.41, 5.74) is 6.58. The summed E-state index contributed by atoms with van der Waals surface area (Å²) in [5.74, 6) is -0.328. The van der Waals surface area contributed by atoms with Crippen molar-refractivity contribution in [3.05, 3.63) is 35.1 Å². The summed E-state index contributed by atoms with van der Waals surface area (Å²) in [6, 6.07) is 4.51. The van der Waals surface area contributed by atoms with E-state index in [1.165, 1.54) is 6.07 Å². The van der Waals surface area contributed by atoms with Crippen LogP contribution in [0.1, 0.15) is 17.5 Å². The van der Waals surface area contributed by atoms with Crippen LogP contribution in [-0.4, -0.2) is 38.5 Å². The van der Waals surface area contributed by atoms with Gasteiger partial charge in [0.05, 0.1) is 19.8 Å².